The second-order valence-corrected chi connectivity index (χ2v) is 4.45. The SMILES string of the molecule is Cc1c(-c2cc(Cl)cc(Cl)c2)nn(C)c1O. The van der Waals surface area contributed by atoms with Crippen molar-refractivity contribution in [1.82, 2.24) is 9.78 Å². The first kappa shape index (κ1) is 11.3. The lowest BCUT2D eigenvalue weighted by Gasteiger charge is -2.00. The fourth-order valence-corrected chi connectivity index (χ4v) is 2.11. The molecule has 0 bridgehead atoms. The normalized spacial score (nSPS) is 10.8. The Kier molecular flexibility index (Phi) is 2.82. The highest BCUT2D eigenvalue weighted by atomic mass is 35.5. The van der Waals surface area contributed by atoms with Crippen molar-refractivity contribution >= 4 is 23.2 Å². The number of aromatic nitrogens is 2. The van der Waals surface area contributed by atoms with Gasteiger partial charge in [-0.3, -0.25) is 0 Å². The van der Waals surface area contributed by atoms with Gasteiger partial charge in [-0.2, -0.15) is 5.10 Å². The van der Waals surface area contributed by atoms with Crippen LogP contribution in [0, 0.1) is 6.92 Å². The lowest BCUT2D eigenvalue weighted by molar-refractivity contribution is 0.416. The molecule has 2 rings (SSSR count). The third-order valence-electron chi connectivity index (χ3n) is 2.38. The van der Waals surface area contributed by atoms with E-state index in [4.69, 9.17) is 23.2 Å². The molecule has 2 aromatic rings. The van der Waals surface area contributed by atoms with Gasteiger partial charge in [0.1, 0.15) is 0 Å². The van der Waals surface area contributed by atoms with E-state index < -0.39 is 0 Å². The molecule has 0 aliphatic rings. The third kappa shape index (κ3) is 1.88. The van der Waals surface area contributed by atoms with Crippen molar-refractivity contribution in [3.8, 4) is 17.1 Å². The predicted octanol–water partition coefficient (Wildman–Crippen LogP) is 3.41. The van der Waals surface area contributed by atoms with E-state index in [9.17, 15) is 5.11 Å². The topological polar surface area (TPSA) is 38.0 Å². The summed E-state index contributed by atoms with van der Waals surface area (Å²) in [5.41, 5.74) is 2.19. The van der Waals surface area contributed by atoms with Crippen molar-refractivity contribution in [3.05, 3.63) is 33.8 Å². The molecular weight excluding hydrogens is 247 g/mol. The van der Waals surface area contributed by atoms with Gasteiger partial charge < -0.3 is 5.11 Å². The minimum atomic E-state index is 0.145. The summed E-state index contributed by atoms with van der Waals surface area (Å²) in [6.45, 7) is 1.80. The fourth-order valence-electron chi connectivity index (χ4n) is 1.59. The summed E-state index contributed by atoms with van der Waals surface area (Å²) in [5.74, 6) is 0.145. The van der Waals surface area contributed by atoms with Crippen LogP contribution in [-0.4, -0.2) is 14.9 Å². The van der Waals surface area contributed by atoms with Crippen molar-refractivity contribution in [2.45, 2.75) is 6.92 Å². The molecule has 0 saturated carbocycles. The molecule has 0 fully saturated rings. The Balaban J connectivity index is 2.62. The van der Waals surface area contributed by atoms with Gasteiger partial charge in [0.05, 0.1) is 5.69 Å². The third-order valence-corrected chi connectivity index (χ3v) is 2.82. The van der Waals surface area contributed by atoms with E-state index in [1.807, 2.05) is 0 Å². The molecule has 84 valence electrons. The molecule has 0 saturated heterocycles. The molecule has 0 spiro atoms. The second kappa shape index (κ2) is 4.00. The second-order valence-electron chi connectivity index (χ2n) is 3.58. The van der Waals surface area contributed by atoms with E-state index in [-0.39, 0.29) is 5.88 Å². The Morgan fingerprint density at radius 3 is 2.19 bits per heavy atom. The summed E-state index contributed by atoms with van der Waals surface area (Å²) in [6.07, 6.45) is 0. The molecule has 1 aromatic heterocycles. The monoisotopic (exact) mass is 256 g/mol. The number of rotatable bonds is 1. The van der Waals surface area contributed by atoms with Crippen LogP contribution in [0.2, 0.25) is 10.0 Å². The van der Waals surface area contributed by atoms with Crippen molar-refractivity contribution in [3.63, 3.8) is 0 Å². The predicted molar refractivity (Wildman–Crippen MR) is 65.1 cm³/mol. The summed E-state index contributed by atoms with van der Waals surface area (Å²) in [7, 11) is 1.68. The highest BCUT2D eigenvalue weighted by Crippen LogP contribution is 2.31. The molecule has 1 N–H and O–H groups in total. The zero-order valence-corrected chi connectivity index (χ0v) is 10.3. The van der Waals surface area contributed by atoms with Gasteiger partial charge in [-0.05, 0) is 25.1 Å². The van der Waals surface area contributed by atoms with E-state index in [0.717, 1.165) is 5.56 Å². The van der Waals surface area contributed by atoms with Crippen LogP contribution < -0.4 is 0 Å². The maximum absolute atomic E-state index is 9.66. The van der Waals surface area contributed by atoms with Crippen molar-refractivity contribution in [2.75, 3.05) is 0 Å². The lowest BCUT2D eigenvalue weighted by atomic mass is 10.1. The molecule has 1 aromatic carbocycles. The number of hydrogen-bond donors (Lipinski definition) is 1. The Hall–Kier alpha value is -1.19. The van der Waals surface area contributed by atoms with Crippen LogP contribution in [0.15, 0.2) is 18.2 Å². The molecule has 0 radical (unpaired) electrons. The van der Waals surface area contributed by atoms with Crippen LogP contribution in [0.5, 0.6) is 5.88 Å². The summed E-state index contributed by atoms with van der Waals surface area (Å²) >= 11 is 11.8. The van der Waals surface area contributed by atoms with Crippen molar-refractivity contribution in [2.24, 2.45) is 7.05 Å². The average molecular weight is 257 g/mol. The molecule has 0 aliphatic carbocycles. The largest absolute Gasteiger partial charge is 0.493 e. The van der Waals surface area contributed by atoms with Crippen molar-refractivity contribution in [1.29, 1.82) is 0 Å². The van der Waals surface area contributed by atoms with Gasteiger partial charge in [0.2, 0.25) is 5.88 Å². The van der Waals surface area contributed by atoms with E-state index in [1.54, 1.807) is 32.2 Å². The van der Waals surface area contributed by atoms with Crippen LogP contribution in [0.4, 0.5) is 0 Å². The summed E-state index contributed by atoms with van der Waals surface area (Å²) in [5, 5.41) is 15.0. The zero-order valence-electron chi connectivity index (χ0n) is 8.83. The number of aryl methyl sites for hydroxylation is 1. The summed E-state index contributed by atoms with van der Waals surface area (Å²) < 4.78 is 1.42. The Morgan fingerprint density at radius 2 is 1.75 bits per heavy atom. The lowest BCUT2D eigenvalue weighted by Crippen LogP contribution is -1.89. The molecule has 0 aliphatic heterocycles. The quantitative estimate of drug-likeness (QED) is 0.850. The van der Waals surface area contributed by atoms with E-state index >= 15 is 0 Å². The van der Waals surface area contributed by atoms with Gasteiger partial charge in [-0.1, -0.05) is 23.2 Å². The minimum Gasteiger partial charge on any atom is -0.493 e. The highest BCUT2D eigenvalue weighted by Gasteiger charge is 2.13. The van der Waals surface area contributed by atoms with Crippen LogP contribution in [0.3, 0.4) is 0 Å². The smallest absolute Gasteiger partial charge is 0.212 e. The van der Waals surface area contributed by atoms with E-state index in [1.165, 1.54) is 4.68 Å². The fraction of sp³-hybridized carbons (Fsp3) is 0.182. The molecule has 0 amide bonds. The molecule has 5 heteroatoms. The van der Waals surface area contributed by atoms with Gasteiger partial charge in [0.25, 0.3) is 0 Å². The number of hydrogen-bond acceptors (Lipinski definition) is 2. The molecular formula is C11H10Cl2N2O. The van der Waals surface area contributed by atoms with Crippen LogP contribution in [-0.2, 0) is 7.05 Å². The standard InChI is InChI=1S/C11H10Cl2N2O/c1-6-10(14-15(2)11(6)16)7-3-8(12)5-9(13)4-7/h3-5,16H,1-2H3. The van der Waals surface area contributed by atoms with Gasteiger partial charge in [0, 0.05) is 28.2 Å². The summed E-state index contributed by atoms with van der Waals surface area (Å²) in [6, 6.07) is 5.19. The van der Waals surface area contributed by atoms with Crippen LogP contribution >= 0.6 is 23.2 Å². The zero-order chi connectivity index (χ0) is 11.9. The number of aromatic hydroxyl groups is 1. The highest BCUT2D eigenvalue weighted by molar-refractivity contribution is 6.35. The van der Waals surface area contributed by atoms with Crippen LogP contribution in [0.25, 0.3) is 11.3 Å². The number of nitrogens with zero attached hydrogens (tertiary/aromatic N) is 2. The Morgan fingerprint density at radius 1 is 1.19 bits per heavy atom. The maximum atomic E-state index is 9.66. The maximum Gasteiger partial charge on any atom is 0.212 e. The molecule has 1 heterocycles. The molecule has 0 unspecified atom stereocenters. The van der Waals surface area contributed by atoms with E-state index in [2.05, 4.69) is 5.10 Å². The molecule has 0 atom stereocenters. The van der Waals surface area contributed by atoms with Gasteiger partial charge in [0.15, 0.2) is 0 Å². The first-order valence-electron chi connectivity index (χ1n) is 4.68. The molecule has 16 heavy (non-hydrogen) atoms. The van der Waals surface area contributed by atoms with Crippen LogP contribution in [0.1, 0.15) is 5.56 Å². The van der Waals surface area contributed by atoms with Gasteiger partial charge in [-0.25, -0.2) is 4.68 Å². The van der Waals surface area contributed by atoms with Gasteiger partial charge in [-0.15, -0.1) is 0 Å². The molecule has 3 nitrogen and oxygen atoms in total. The first-order chi connectivity index (χ1) is 7.49. The number of benzene rings is 1. The van der Waals surface area contributed by atoms with Crippen molar-refractivity contribution < 1.29 is 5.11 Å². The summed E-state index contributed by atoms with van der Waals surface area (Å²) in [4.78, 5) is 0. The first-order valence-corrected chi connectivity index (χ1v) is 5.43. The Labute approximate surface area is 103 Å². The van der Waals surface area contributed by atoms with E-state index in [0.29, 0.717) is 21.3 Å². The average Bonchev–Trinajstić information content (AvgIpc) is 2.44. The number of halogens is 2. The minimum absolute atomic E-state index is 0.145. The van der Waals surface area contributed by atoms with Gasteiger partial charge >= 0.3 is 0 Å². The Bertz CT molecular complexity index is 529.